The molecule has 5 heteroatoms. The lowest BCUT2D eigenvalue weighted by atomic mass is 9.97. The Morgan fingerprint density at radius 1 is 0.938 bits per heavy atom. The van der Waals surface area contributed by atoms with Gasteiger partial charge >= 0.3 is 0 Å². The molecule has 1 fully saturated rings. The zero-order valence-electron chi connectivity index (χ0n) is 17.4. The monoisotopic (exact) mass is 462 g/mol. The van der Waals surface area contributed by atoms with Gasteiger partial charge in [-0.3, -0.25) is 4.79 Å². The van der Waals surface area contributed by atoms with E-state index >= 15 is 0 Å². The van der Waals surface area contributed by atoms with E-state index in [4.69, 9.17) is 17.3 Å². The van der Waals surface area contributed by atoms with Gasteiger partial charge in [-0.05, 0) is 65.1 Å². The summed E-state index contributed by atoms with van der Waals surface area (Å²) in [5.41, 5.74) is 10.3. The predicted octanol–water partition coefficient (Wildman–Crippen LogP) is 6.59. The molecule has 3 nitrogen and oxygen atoms in total. The fourth-order valence-electron chi connectivity index (χ4n) is 4.33. The van der Waals surface area contributed by atoms with Crippen LogP contribution in [0.25, 0.3) is 10.8 Å². The molecule has 0 spiro atoms. The Bertz CT molecular complexity index is 1270. The second-order valence-electron chi connectivity index (χ2n) is 8.43. The summed E-state index contributed by atoms with van der Waals surface area (Å²) in [6, 6.07) is 29.9. The van der Waals surface area contributed by atoms with Crippen molar-refractivity contribution < 1.29 is 4.79 Å². The van der Waals surface area contributed by atoms with E-state index in [2.05, 4.69) is 59.9 Å². The molecule has 0 heterocycles. The molecule has 32 heavy (non-hydrogen) atoms. The number of benzene rings is 4. The van der Waals surface area contributed by atoms with Crippen LogP contribution in [0.4, 0.5) is 5.69 Å². The number of amides is 1. The van der Waals surface area contributed by atoms with E-state index in [9.17, 15) is 4.79 Å². The first kappa shape index (κ1) is 22.3. The van der Waals surface area contributed by atoms with E-state index in [1.807, 2.05) is 12.1 Å². The molecule has 1 amide bonds. The molecule has 3 N–H and O–H groups in total. The van der Waals surface area contributed by atoms with Crippen molar-refractivity contribution >= 4 is 46.4 Å². The molecule has 0 radical (unpaired) electrons. The molecule has 5 rings (SSSR count). The Kier molecular flexibility index (Phi) is 6.25. The molecule has 2 unspecified atom stereocenters. The van der Waals surface area contributed by atoms with Crippen molar-refractivity contribution in [1.82, 2.24) is 0 Å². The predicted molar refractivity (Wildman–Crippen MR) is 135 cm³/mol. The number of rotatable bonds is 5. The van der Waals surface area contributed by atoms with Crippen molar-refractivity contribution in [3.8, 4) is 0 Å². The topological polar surface area (TPSA) is 55.1 Å². The number of hydrogen-bond acceptors (Lipinski definition) is 2. The maximum Gasteiger partial charge on any atom is 0.255 e. The number of anilines is 1. The summed E-state index contributed by atoms with van der Waals surface area (Å²) in [6.07, 6.45) is 1.82. The maximum atomic E-state index is 12.4. The SMILES string of the molecule is Cl.NC1(Cc2ccc3ccccc3c2)CC1c1ccc(NC(=O)c2cccc(Cl)c2)cc1. The van der Waals surface area contributed by atoms with Crippen molar-refractivity contribution in [1.29, 1.82) is 0 Å². The summed E-state index contributed by atoms with van der Waals surface area (Å²) in [5, 5.41) is 5.97. The van der Waals surface area contributed by atoms with Crippen LogP contribution >= 0.6 is 24.0 Å². The van der Waals surface area contributed by atoms with E-state index in [-0.39, 0.29) is 23.9 Å². The van der Waals surface area contributed by atoms with Crippen LogP contribution in [-0.4, -0.2) is 11.4 Å². The minimum atomic E-state index is -0.214. The Balaban J connectivity index is 0.00000245. The van der Waals surface area contributed by atoms with E-state index in [1.54, 1.807) is 24.3 Å². The molecule has 0 aliphatic heterocycles. The smallest absolute Gasteiger partial charge is 0.255 e. The first-order chi connectivity index (χ1) is 15.0. The fourth-order valence-corrected chi connectivity index (χ4v) is 4.52. The standard InChI is InChI=1S/C27H23ClN2O.ClH/c28-23-7-3-6-22(15-23)26(31)30-24-12-10-20(11-13-24)25-17-27(25,29)16-18-8-9-19-4-1-2-5-21(19)14-18;/h1-15,25H,16-17,29H2,(H,30,31);1H. The van der Waals surface area contributed by atoms with Crippen LogP contribution in [0, 0.1) is 0 Å². The minimum absolute atomic E-state index is 0. The summed E-state index contributed by atoms with van der Waals surface area (Å²) in [5.74, 6) is 0.155. The molecule has 4 aromatic rings. The molecule has 0 bridgehead atoms. The molecule has 4 aromatic carbocycles. The van der Waals surface area contributed by atoms with Crippen LogP contribution < -0.4 is 11.1 Å². The first-order valence-electron chi connectivity index (χ1n) is 10.4. The highest BCUT2D eigenvalue weighted by Crippen LogP contribution is 2.51. The number of carbonyl (C=O) groups excluding carboxylic acids is 1. The zero-order chi connectivity index (χ0) is 21.4. The largest absolute Gasteiger partial charge is 0.324 e. The fraction of sp³-hybridized carbons (Fsp3) is 0.148. The Labute approximate surface area is 199 Å². The molecule has 1 aliphatic rings. The van der Waals surface area contributed by atoms with Crippen molar-refractivity contribution in [2.75, 3.05) is 5.32 Å². The van der Waals surface area contributed by atoms with Gasteiger partial charge in [0.05, 0.1) is 0 Å². The number of nitrogens with one attached hydrogen (secondary N) is 1. The third-order valence-electron chi connectivity index (χ3n) is 6.12. The highest BCUT2D eigenvalue weighted by molar-refractivity contribution is 6.31. The van der Waals surface area contributed by atoms with Gasteiger partial charge in [0.2, 0.25) is 0 Å². The molecule has 2 atom stereocenters. The Morgan fingerprint density at radius 2 is 1.69 bits per heavy atom. The van der Waals surface area contributed by atoms with Gasteiger partial charge in [0.1, 0.15) is 0 Å². The summed E-state index contributed by atoms with van der Waals surface area (Å²) >= 11 is 5.98. The van der Waals surface area contributed by atoms with E-state index in [0.29, 0.717) is 16.5 Å². The average molecular weight is 463 g/mol. The normalized spacial score (nSPS) is 19.2. The quantitative estimate of drug-likeness (QED) is 0.351. The lowest BCUT2D eigenvalue weighted by molar-refractivity contribution is 0.102. The summed E-state index contributed by atoms with van der Waals surface area (Å²) in [6.45, 7) is 0. The van der Waals surface area contributed by atoms with Gasteiger partial charge < -0.3 is 11.1 Å². The lowest BCUT2D eigenvalue weighted by Gasteiger charge is -2.13. The number of nitrogens with two attached hydrogens (primary N) is 1. The summed E-state index contributed by atoms with van der Waals surface area (Å²) in [4.78, 5) is 12.4. The zero-order valence-corrected chi connectivity index (χ0v) is 19.0. The minimum Gasteiger partial charge on any atom is -0.324 e. The van der Waals surface area contributed by atoms with Crippen LogP contribution in [0.5, 0.6) is 0 Å². The van der Waals surface area contributed by atoms with Crippen molar-refractivity contribution in [2.24, 2.45) is 5.73 Å². The third kappa shape index (κ3) is 4.66. The van der Waals surface area contributed by atoms with Crippen molar-refractivity contribution in [3.63, 3.8) is 0 Å². The molecular weight excluding hydrogens is 439 g/mol. The Morgan fingerprint density at radius 3 is 2.44 bits per heavy atom. The summed E-state index contributed by atoms with van der Waals surface area (Å²) < 4.78 is 0. The van der Waals surface area contributed by atoms with Gasteiger partial charge in [-0.2, -0.15) is 0 Å². The van der Waals surface area contributed by atoms with Crippen LogP contribution in [-0.2, 0) is 6.42 Å². The van der Waals surface area contributed by atoms with Crippen molar-refractivity contribution in [2.45, 2.75) is 24.3 Å². The third-order valence-corrected chi connectivity index (χ3v) is 6.36. The number of halogens is 2. The van der Waals surface area contributed by atoms with Crippen molar-refractivity contribution in [3.05, 3.63) is 113 Å². The van der Waals surface area contributed by atoms with Gasteiger partial charge in [0.15, 0.2) is 0 Å². The average Bonchev–Trinajstić information content (AvgIpc) is 3.44. The van der Waals surface area contributed by atoms with E-state index in [0.717, 1.165) is 18.5 Å². The first-order valence-corrected chi connectivity index (χ1v) is 10.8. The molecule has 0 aromatic heterocycles. The molecular formula is C27H24Cl2N2O. The number of hydrogen-bond donors (Lipinski definition) is 2. The maximum absolute atomic E-state index is 12.4. The van der Waals surface area contributed by atoms with Gasteiger partial charge in [-0.1, -0.05) is 72.3 Å². The van der Waals surface area contributed by atoms with Gasteiger partial charge in [0.25, 0.3) is 5.91 Å². The van der Waals surface area contributed by atoms with E-state index in [1.165, 1.54) is 21.9 Å². The second-order valence-corrected chi connectivity index (χ2v) is 8.87. The summed E-state index contributed by atoms with van der Waals surface area (Å²) in [7, 11) is 0. The van der Waals surface area contributed by atoms with Crippen LogP contribution in [0.15, 0.2) is 91.0 Å². The number of fused-ring (bicyclic) bond motifs is 1. The molecule has 1 aliphatic carbocycles. The highest BCUT2D eigenvalue weighted by Gasteiger charge is 2.51. The molecule has 162 valence electrons. The highest BCUT2D eigenvalue weighted by atomic mass is 35.5. The lowest BCUT2D eigenvalue weighted by Crippen LogP contribution is -2.27. The number of carbonyl (C=O) groups is 1. The second kappa shape index (κ2) is 8.95. The molecule has 1 saturated carbocycles. The van der Waals surface area contributed by atoms with Crippen LogP contribution in [0.3, 0.4) is 0 Å². The van der Waals surface area contributed by atoms with Crippen LogP contribution in [0.1, 0.15) is 33.8 Å². The Hall–Kier alpha value is -2.85. The van der Waals surface area contributed by atoms with Crippen LogP contribution in [0.2, 0.25) is 5.02 Å². The molecule has 0 saturated heterocycles. The van der Waals surface area contributed by atoms with Gasteiger partial charge in [-0.15, -0.1) is 12.4 Å². The van der Waals surface area contributed by atoms with Gasteiger partial charge in [0, 0.05) is 27.7 Å². The van der Waals surface area contributed by atoms with Gasteiger partial charge in [-0.25, -0.2) is 0 Å². The van der Waals surface area contributed by atoms with E-state index < -0.39 is 0 Å².